The first-order valence-electron chi connectivity index (χ1n) is 7.32. The van der Waals surface area contributed by atoms with E-state index in [1.165, 1.54) is 30.6 Å². The summed E-state index contributed by atoms with van der Waals surface area (Å²) in [6.07, 6.45) is 3.62. The summed E-state index contributed by atoms with van der Waals surface area (Å²) >= 11 is 1.46. The number of nitrogens with one attached hydrogen (secondary N) is 1. The van der Waals surface area contributed by atoms with E-state index in [1.807, 2.05) is 18.2 Å². The van der Waals surface area contributed by atoms with Crippen LogP contribution in [0.15, 0.2) is 18.2 Å². The third-order valence-electron chi connectivity index (χ3n) is 3.95. The van der Waals surface area contributed by atoms with Gasteiger partial charge >= 0.3 is 0 Å². The number of benzene rings is 1. The Morgan fingerprint density at radius 2 is 2.38 bits per heavy atom. The van der Waals surface area contributed by atoms with Crippen LogP contribution in [0.25, 0.3) is 10.2 Å². The van der Waals surface area contributed by atoms with Crippen molar-refractivity contribution in [3.63, 3.8) is 0 Å². The molecule has 1 aliphatic heterocycles. The largest absolute Gasteiger partial charge is 0.399 e. The van der Waals surface area contributed by atoms with Gasteiger partial charge in [0.25, 0.3) is 0 Å². The van der Waals surface area contributed by atoms with Crippen LogP contribution in [0.5, 0.6) is 0 Å². The van der Waals surface area contributed by atoms with Crippen LogP contribution in [0.4, 0.5) is 10.8 Å². The number of piperidine rings is 1. The van der Waals surface area contributed by atoms with Crippen molar-refractivity contribution in [1.82, 2.24) is 9.88 Å². The molecule has 0 saturated carbocycles. The van der Waals surface area contributed by atoms with Crippen LogP contribution in [-0.4, -0.2) is 34.9 Å². The van der Waals surface area contributed by atoms with Gasteiger partial charge in [-0.2, -0.15) is 0 Å². The minimum atomic E-state index is 0.00998. The van der Waals surface area contributed by atoms with E-state index in [0.29, 0.717) is 23.4 Å². The lowest BCUT2D eigenvalue weighted by atomic mass is 10.0. The number of likely N-dealkylation sites (tertiary alicyclic amines) is 1. The molecule has 1 aliphatic rings. The van der Waals surface area contributed by atoms with Crippen LogP contribution in [0.2, 0.25) is 0 Å². The standard InChI is InChI=1S/C15H20N4OS/c1-10-4-2-3-7-19(10)9-14(20)18-15-17-12-6-5-11(16)8-13(12)21-15/h5-6,8,10H,2-4,7,9,16H2,1H3,(H,17,18,20). The zero-order chi connectivity index (χ0) is 14.8. The van der Waals surface area contributed by atoms with E-state index >= 15 is 0 Å². The minimum absolute atomic E-state index is 0.00998. The molecule has 112 valence electrons. The molecule has 0 spiro atoms. The average Bonchev–Trinajstić information content (AvgIpc) is 2.82. The summed E-state index contributed by atoms with van der Waals surface area (Å²) in [7, 11) is 0. The molecule has 1 aromatic carbocycles. The summed E-state index contributed by atoms with van der Waals surface area (Å²) in [4.78, 5) is 18.8. The second-order valence-electron chi connectivity index (χ2n) is 5.61. The summed E-state index contributed by atoms with van der Waals surface area (Å²) in [5.41, 5.74) is 7.34. The SMILES string of the molecule is CC1CCCCN1CC(=O)Nc1nc2ccc(N)cc2s1. The molecule has 1 amide bonds. The maximum Gasteiger partial charge on any atom is 0.240 e. The molecule has 2 heterocycles. The maximum atomic E-state index is 12.2. The summed E-state index contributed by atoms with van der Waals surface area (Å²) in [6, 6.07) is 6.07. The van der Waals surface area contributed by atoms with Crippen molar-refractivity contribution in [3.8, 4) is 0 Å². The van der Waals surface area contributed by atoms with Gasteiger partial charge in [0.05, 0.1) is 16.8 Å². The second-order valence-corrected chi connectivity index (χ2v) is 6.64. The Morgan fingerprint density at radius 3 is 3.19 bits per heavy atom. The number of amides is 1. The van der Waals surface area contributed by atoms with Gasteiger partial charge in [0.15, 0.2) is 5.13 Å². The van der Waals surface area contributed by atoms with E-state index in [-0.39, 0.29) is 5.91 Å². The molecule has 1 aromatic heterocycles. The van der Waals surface area contributed by atoms with Crippen molar-refractivity contribution in [1.29, 1.82) is 0 Å². The van der Waals surface area contributed by atoms with Crippen molar-refractivity contribution in [3.05, 3.63) is 18.2 Å². The number of hydrogen-bond acceptors (Lipinski definition) is 5. The van der Waals surface area contributed by atoms with Gasteiger partial charge in [-0.25, -0.2) is 4.98 Å². The Bertz CT molecular complexity index is 654. The van der Waals surface area contributed by atoms with Crippen LogP contribution >= 0.6 is 11.3 Å². The van der Waals surface area contributed by atoms with Gasteiger partial charge in [0.2, 0.25) is 5.91 Å². The summed E-state index contributed by atoms with van der Waals surface area (Å²) in [5.74, 6) is 0.00998. The molecule has 1 atom stereocenters. The zero-order valence-electron chi connectivity index (χ0n) is 12.1. The Hall–Kier alpha value is -1.66. The van der Waals surface area contributed by atoms with E-state index < -0.39 is 0 Å². The summed E-state index contributed by atoms with van der Waals surface area (Å²) < 4.78 is 0.997. The summed E-state index contributed by atoms with van der Waals surface area (Å²) in [5, 5.41) is 3.55. The number of aromatic nitrogens is 1. The molecule has 3 N–H and O–H groups in total. The number of nitrogens with zero attached hydrogens (tertiary/aromatic N) is 2. The van der Waals surface area contributed by atoms with Crippen molar-refractivity contribution in [2.75, 3.05) is 24.1 Å². The molecule has 1 fully saturated rings. The van der Waals surface area contributed by atoms with Gasteiger partial charge < -0.3 is 11.1 Å². The fourth-order valence-electron chi connectivity index (χ4n) is 2.73. The van der Waals surface area contributed by atoms with Gasteiger partial charge in [0.1, 0.15) is 0 Å². The second kappa shape index (κ2) is 5.99. The molecule has 5 nitrogen and oxygen atoms in total. The predicted octanol–water partition coefficient (Wildman–Crippen LogP) is 2.69. The first kappa shape index (κ1) is 14.3. The van der Waals surface area contributed by atoms with Crippen LogP contribution in [0, 0.1) is 0 Å². The van der Waals surface area contributed by atoms with Gasteiger partial charge in [-0.05, 0) is 44.5 Å². The molecule has 0 bridgehead atoms. The van der Waals surface area contributed by atoms with Crippen LogP contribution in [0.1, 0.15) is 26.2 Å². The highest BCUT2D eigenvalue weighted by molar-refractivity contribution is 7.22. The summed E-state index contributed by atoms with van der Waals surface area (Å²) in [6.45, 7) is 3.64. The number of anilines is 2. The van der Waals surface area contributed by atoms with E-state index in [1.54, 1.807) is 0 Å². The number of carbonyl (C=O) groups is 1. The fraction of sp³-hybridized carbons (Fsp3) is 0.467. The molecule has 1 unspecified atom stereocenters. The topological polar surface area (TPSA) is 71.2 Å². The minimum Gasteiger partial charge on any atom is -0.399 e. The van der Waals surface area contributed by atoms with E-state index in [0.717, 1.165) is 16.8 Å². The molecular weight excluding hydrogens is 284 g/mol. The number of thiazole rings is 1. The Balaban J connectivity index is 1.65. The van der Waals surface area contributed by atoms with Crippen molar-refractivity contribution in [2.24, 2.45) is 0 Å². The predicted molar refractivity (Wildman–Crippen MR) is 87.5 cm³/mol. The quantitative estimate of drug-likeness (QED) is 0.855. The number of nitrogens with two attached hydrogens (primary N) is 1. The van der Waals surface area contributed by atoms with Crippen molar-refractivity contribution < 1.29 is 4.79 Å². The monoisotopic (exact) mass is 304 g/mol. The van der Waals surface area contributed by atoms with Gasteiger partial charge in [-0.1, -0.05) is 17.8 Å². The number of nitrogen functional groups attached to an aromatic ring is 1. The maximum absolute atomic E-state index is 12.2. The lowest BCUT2D eigenvalue weighted by molar-refractivity contribution is -0.118. The first-order chi connectivity index (χ1) is 10.1. The van der Waals surface area contributed by atoms with Crippen LogP contribution in [0.3, 0.4) is 0 Å². The highest BCUT2D eigenvalue weighted by Crippen LogP contribution is 2.27. The van der Waals surface area contributed by atoms with Crippen LogP contribution < -0.4 is 11.1 Å². The Kier molecular flexibility index (Phi) is 4.07. The highest BCUT2D eigenvalue weighted by atomic mass is 32.1. The number of fused-ring (bicyclic) bond motifs is 1. The molecule has 3 rings (SSSR count). The Morgan fingerprint density at radius 1 is 1.52 bits per heavy atom. The molecule has 6 heteroatoms. The normalized spacial score (nSPS) is 19.8. The highest BCUT2D eigenvalue weighted by Gasteiger charge is 2.20. The molecule has 0 radical (unpaired) electrons. The van der Waals surface area contributed by atoms with E-state index in [2.05, 4.69) is 22.1 Å². The third kappa shape index (κ3) is 3.33. The molecule has 0 aliphatic carbocycles. The lowest BCUT2D eigenvalue weighted by Gasteiger charge is -2.32. The smallest absolute Gasteiger partial charge is 0.240 e. The van der Waals surface area contributed by atoms with Gasteiger partial charge in [-0.15, -0.1) is 0 Å². The zero-order valence-corrected chi connectivity index (χ0v) is 12.9. The molecule has 1 saturated heterocycles. The molecule has 2 aromatic rings. The molecule has 21 heavy (non-hydrogen) atoms. The van der Waals surface area contributed by atoms with Gasteiger partial charge in [-0.3, -0.25) is 9.69 Å². The number of rotatable bonds is 3. The number of carbonyl (C=O) groups excluding carboxylic acids is 1. The first-order valence-corrected chi connectivity index (χ1v) is 8.13. The Labute approximate surface area is 128 Å². The average molecular weight is 304 g/mol. The van der Waals surface area contributed by atoms with E-state index in [9.17, 15) is 4.79 Å². The molecular formula is C15H20N4OS. The van der Waals surface area contributed by atoms with Crippen LogP contribution in [-0.2, 0) is 4.79 Å². The fourth-order valence-corrected chi connectivity index (χ4v) is 3.66. The van der Waals surface area contributed by atoms with Crippen molar-refractivity contribution >= 4 is 38.3 Å². The van der Waals surface area contributed by atoms with Crippen molar-refractivity contribution in [2.45, 2.75) is 32.2 Å². The third-order valence-corrected chi connectivity index (χ3v) is 4.88. The number of hydrogen-bond donors (Lipinski definition) is 2. The van der Waals surface area contributed by atoms with Gasteiger partial charge in [0, 0.05) is 11.7 Å². The lowest BCUT2D eigenvalue weighted by Crippen LogP contribution is -2.42. The van der Waals surface area contributed by atoms with E-state index in [4.69, 9.17) is 5.73 Å².